The average Bonchev–Trinajstić information content (AvgIpc) is 3.06. The zero-order chi connectivity index (χ0) is 30.3. The van der Waals surface area contributed by atoms with Crippen molar-refractivity contribution in [3.8, 4) is 0 Å². The van der Waals surface area contributed by atoms with Crippen LogP contribution in [0.2, 0.25) is 0 Å². The summed E-state index contributed by atoms with van der Waals surface area (Å²) >= 11 is 0. The van der Waals surface area contributed by atoms with E-state index < -0.39 is 0 Å². The van der Waals surface area contributed by atoms with Crippen molar-refractivity contribution < 1.29 is 0 Å². The number of aromatic nitrogens is 2. The molecule has 0 amide bonds. The minimum absolute atomic E-state index is 0.899. The Hall–Kier alpha value is -2.20. The standard InChI is InChI=1S/C36H52N6S2/c1(3-11-19-39-27-31-25-33-13-5-7-15-35(33)41-29-31)9-17-37-21-23-43-44-24-22-38-18-10-2-4-12-20-40-28-32-26-34-14-6-8-16-36(34)42-30-32/h5-8,13-16,25-26,29-30,37-40H,1-4,9-12,17-24,27-28H2. The number of rotatable bonds is 25. The van der Waals surface area contributed by atoms with Crippen molar-refractivity contribution in [2.75, 3.05) is 50.8 Å². The van der Waals surface area contributed by atoms with E-state index in [1.807, 2.05) is 46.1 Å². The van der Waals surface area contributed by atoms with Gasteiger partial charge in [-0.3, -0.25) is 9.97 Å². The van der Waals surface area contributed by atoms with Crippen molar-refractivity contribution in [3.05, 3.63) is 84.2 Å². The molecule has 0 fully saturated rings. The molecule has 0 saturated heterocycles. The van der Waals surface area contributed by atoms with Gasteiger partial charge in [0.05, 0.1) is 11.0 Å². The van der Waals surface area contributed by atoms with Gasteiger partial charge in [0.15, 0.2) is 0 Å². The fourth-order valence-corrected chi connectivity index (χ4v) is 7.09. The summed E-state index contributed by atoms with van der Waals surface area (Å²) in [4.78, 5) is 9.09. The lowest BCUT2D eigenvalue weighted by Gasteiger charge is -2.07. The van der Waals surface area contributed by atoms with Gasteiger partial charge in [-0.1, -0.05) is 83.7 Å². The van der Waals surface area contributed by atoms with Crippen LogP contribution in [0.3, 0.4) is 0 Å². The van der Waals surface area contributed by atoms with Gasteiger partial charge < -0.3 is 21.3 Å². The van der Waals surface area contributed by atoms with Gasteiger partial charge in [-0.25, -0.2) is 0 Å². The van der Waals surface area contributed by atoms with E-state index in [0.29, 0.717) is 0 Å². The van der Waals surface area contributed by atoms with E-state index in [1.54, 1.807) is 0 Å². The molecule has 0 aliphatic rings. The third kappa shape index (κ3) is 14.3. The number of hydrogen-bond acceptors (Lipinski definition) is 8. The molecule has 2 aromatic carbocycles. The van der Waals surface area contributed by atoms with Gasteiger partial charge in [0.2, 0.25) is 0 Å². The number of unbranched alkanes of at least 4 members (excludes halogenated alkanes) is 6. The largest absolute Gasteiger partial charge is 0.316 e. The maximum Gasteiger partial charge on any atom is 0.0702 e. The zero-order valence-electron chi connectivity index (χ0n) is 26.4. The zero-order valence-corrected chi connectivity index (χ0v) is 28.0. The fourth-order valence-electron chi connectivity index (χ4n) is 5.19. The maximum atomic E-state index is 4.55. The Balaban J connectivity index is 0.820. The Labute approximate surface area is 273 Å². The molecule has 4 rings (SSSR count). The van der Waals surface area contributed by atoms with E-state index in [2.05, 4.69) is 79.8 Å². The van der Waals surface area contributed by atoms with Crippen LogP contribution >= 0.6 is 21.6 Å². The van der Waals surface area contributed by atoms with Crippen LogP contribution in [0.1, 0.15) is 62.5 Å². The number of fused-ring (bicyclic) bond motifs is 2. The van der Waals surface area contributed by atoms with Crippen LogP contribution in [0, 0.1) is 0 Å². The van der Waals surface area contributed by atoms with Crippen LogP contribution in [0.25, 0.3) is 21.8 Å². The molecular weight excluding hydrogens is 581 g/mol. The lowest BCUT2D eigenvalue weighted by molar-refractivity contribution is 0.569. The van der Waals surface area contributed by atoms with Gasteiger partial charge in [-0.2, -0.15) is 0 Å². The molecule has 2 heterocycles. The molecule has 0 spiro atoms. The molecule has 0 bridgehead atoms. The first-order chi connectivity index (χ1) is 21.9. The summed E-state index contributed by atoms with van der Waals surface area (Å²) in [5, 5.41) is 16.8. The molecule has 0 unspecified atom stereocenters. The highest BCUT2D eigenvalue weighted by molar-refractivity contribution is 8.76. The molecule has 4 N–H and O–H groups in total. The highest BCUT2D eigenvalue weighted by atomic mass is 33.1. The van der Waals surface area contributed by atoms with Gasteiger partial charge in [0.25, 0.3) is 0 Å². The first kappa shape index (κ1) is 34.7. The topological polar surface area (TPSA) is 73.9 Å². The Morgan fingerprint density at radius 1 is 0.455 bits per heavy atom. The molecule has 0 saturated carbocycles. The van der Waals surface area contributed by atoms with Crippen molar-refractivity contribution in [1.82, 2.24) is 31.2 Å². The van der Waals surface area contributed by atoms with Gasteiger partial charge in [-0.15, -0.1) is 0 Å². The molecule has 2 aromatic heterocycles. The van der Waals surface area contributed by atoms with Gasteiger partial charge >= 0.3 is 0 Å². The van der Waals surface area contributed by atoms with E-state index in [-0.39, 0.29) is 0 Å². The predicted molar refractivity (Wildman–Crippen MR) is 194 cm³/mol. The Morgan fingerprint density at radius 2 is 0.864 bits per heavy atom. The van der Waals surface area contributed by atoms with Crippen LogP contribution < -0.4 is 21.3 Å². The molecule has 0 radical (unpaired) electrons. The molecular formula is C36H52N6S2. The molecule has 0 aliphatic heterocycles. The number of nitrogens with zero attached hydrogens (tertiary/aromatic N) is 2. The average molecular weight is 633 g/mol. The molecule has 8 heteroatoms. The molecule has 0 atom stereocenters. The number of pyridine rings is 2. The van der Waals surface area contributed by atoms with Gasteiger partial charge in [0, 0.05) is 60.9 Å². The molecule has 0 aliphatic carbocycles. The van der Waals surface area contributed by atoms with E-state index in [0.717, 1.165) is 63.4 Å². The van der Waals surface area contributed by atoms with Gasteiger partial charge in [0.1, 0.15) is 0 Å². The Kier molecular flexibility index (Phi) is 17.6. The van der Waals surface area contributed by atoms with Crippen LogP contribution in [-0.4, -0.2) is 60.7 Å². The second kappa shape index (κ2) is 22.3. The minimum Gasteiger partial charge on any atom is -0.316 e. The second-order valence-corrected chi connectivity index (χ2v) is 14.1. The third-order valence-electron chi connectivity index (χ3n) is 7.67. The smallest absolute Gasteiger partial charge is 0.0702 e. The third-order valence-corrected chi connectivity index (χ3v) is 10.1. The number of hydrogen-bond donors (Lipinski definition) is 4. The predicted octanol–water partition coefficient (Wildman–Crippen LogP) is 7.34. The van der Waals surface area contributed by atoms with Crippen LogP contribution in [0.4, 0.5) is 0 Å². The molecule has 6 nitrogen and oxygen atoms in total. The van der Waals surface area contributed by atoms with Crippen molar-refractivity contribution in [3.63, 3.8) is 0 Å². The highest BCUT2D eigenvalue weighted by Gasteiger charge is 2.00. The Morgan fingerprint density at radius 3 is 1.32 bits per heavy atom. The molecule has 238 valence electrons. The van der Waals surface area contributed by atoms with Crippen LogP contribution in [-0.2, 0) is 13.1 Å². The SMILES string of the molecule is c1ccc2ncc(CNCCCCCCNCCSSCCNCCCCCCNCc3cnc4ccccc4c3)cc2c1. The van der Waals surface area contributed by atoms with Crippen LogP contribution in [0.15, 0.2) is 73.1 Å². The van der Waals surface area contributed by atoms with Crippen molar-refractivity contribution in [1.29, 1.82) is 0 Å². The first-order valence-electron chi connectivity index (χ1n) is 16.6. The van der Waals surface area contributed by atoms with E-state index in [4.69, 9.17) is 0 Å². The normalized spacial score (nSPS) is 11.5. The minimum atomic E-state index is 0.899. The summed E-state index contributed by atoms with van der Waals surface area (Å²) in [5.74, 6) is 2.37. The fraction of sp³-hybridized carbons (Fsp3) is 0.500. The number of benzene rings is 2. The van der Waals surface area contributed by atoms with E-state index in [1.165, 1.54) is 84.8 Å². The van der Waals surface area contributed by atoms with E-state index >= 15 is 0 Å². The Bertz CT molecular complexity index is 1220. The highest BCUT2D eigenvalue weighted by Crippen LogP contribution is 2.19. The van der Waals surface area contributed by atoms with Crippen LogP contribution in [0.5, 0.6) is 0 Å². The summed E-state index contributed by atoms with van der Waals surface area (Å²) in [6.45, 7) is 8.45. The lowest BCUT2D eigenvalue weighted by Crippen LogP contribution is -2.19. The second-order valence-electron chi connectivity index (χ2n) is 11.4. The quantitative estimate of drug-likeness (QED) is 0.0447. The monoisotopic (exact) mass is 632 g/mol. The maximum absolute atomic E-state index is 4.55. The summed E-state index contributed by atoms with van der Waals surface area (Å²) < 4.78 is 0. The van der Waals surface area contributed by atoms with Crippen molar-refractivity contribution in [2.24, 2.45) is 0 Å². The van der Waals surface area contributed by atoms with Gasteiger partial charge in [-0.05, 0) is 87.3 Å². The summed E-state index contributed by atoms with van der Waals surface area (Å²) in [6.07, 6.45) is 14.2. The van der Waals surface area contributed by atoms with Crippen molar-refractivity contribution in [2.45, 2.75) is 64.5 Å². The first-order valence-corrected chi connectivity index (χ1v) is 19.1. The summed E-state index contributed by atoms with van der Waals surface area (Å²) in [7, 11) is 4.00. The summed E-state index contributed by atoms with van der Waals surface area (Å²) in [5.41, 5.74) is 4.66. The molecule has 44 heavy (non-hydrogen) atoms. The number of para-hydroxylation sites is 2. The summed E-state index contributed by atoms with van der Waals surface area (Å²) in [6, 6.07) is 21.1. The lowest BCUT2D eigenvalue weighted by atomic mass is 10.1. The number of nitrogens with one attached hydrogen (secondary N) is 4. The van der Waals surface area contributed by atoms with Crippen molar-refractivity contribution >= 4 is 43.4 Å². The van der Waals surface area contributed by atoms with E-state index in [9.17, 15) is 0 Å². The molecule has 4 aromatic rings.